The van der Waals surface area contributed by atoms with Crippen molar-refractivity contribution in [2.75, 3.05) is 6.61 Å². The quantitative estimate of drug-likeness (QED) is 0.465. The number of benzene rings is 2. The molecule has 0 spiro atoms. The molecule has 4 rings (SSSR count). The third-order valence-corrected chi connectivity index (χ3v) is 7.67. The van der Waals surface area contributed by atoms with Crippen molar-refractivity contribution in [3.8, 4) is 11.4 Å². The number of phenolic OH excluding ortho intramolecular Hbond substituents is 1. The molecule has 2 aromatic carbocycles. The lowest BCUT2D eigenvalue weighted by Crippen LogP contribution is -2.40. The summed E-state index contributed by atoms with van der Waals surface area (Å²) in [7, 11) is 0. The van der Waals surface area contributed by atoms with E-state index in [9.17, 15) is 24.5 Å². The highest BCUT2D eigenvalue weighted by Gasteiger charge is 2.47. The fourth-order valence-electron chi connectivity index (χ4n) is 5.30. The van der Waals surface area contributed by atoms with E-state index < -0.39 is 22.2 Å². The zero-order valence-corrected chi connectivity index (χ0v) is 19.7. The van der Waals surface area contributed by atoms with Gasteiger partial charge in [0.1, 0.15) is 11.6 Å². The number of rotatable bonds is 5. The molecule has 3 N–H and O–H groups in total. The standard InChI is InChI=1S/C27H32FNO4/c1-25(2,16-30)23-22(26(3)12-14-27(4,15-13-26)24(32)33)21-19(6-5-7-20(21)31)29(23)18-10-8-17(28)9-11-18/h5-11,30-31H,12-16H2,1-4H3,(H,32,33). The van der Waals surface area contributed by atoms with Gasteiger partial charge < -0.3 is 19.9 Å². The van der Waals surface area contributed by atoms with E-state index >= 15 is 0 Å². The molecule has 1 fully saturated rings. The normalized spacial score (nSPS) is 23.7. The van der Waals surface area contributed by atoms with Crippen LogP contribution in [0.1, 0.15) is 64.6 Å². The van der Waals surface area contributed by atoms with E-state index in [0.717, 1.165) is 22.5 Å². The van der Waals surface area contributed by atoms with Gasteiger partial charge in [-0.3, -0.25) is 4.79 Å². The lowest BCUT2D eigenvalue weighted by atomic mass is 9.61. The van der Waals surface area contributed by atoms with Crippen LogP contribution in [0, 0.1) is 11.2 Å². The average molecular weight is 454 g/mol. The molecule has 5 nitrogen and oxygen atoms in total. The number of aliphatic hydroxyl groups excluding tert-OH is 1. The maximum atomic E-state index is 13.7. The summed E-state index contributed by atoms with van der Waals surface area (Å²) in [6.07, 6.45) is 2.33. The lowest BCUT2D eigenvalue weighted by Gasteiger charge is -2.43. The highest BCUT2D eigenvalue weighted by molar-refractivity contribution is 5.94. The first-order chi connectivity index (χ1) is 15.4. The Hall–Kier alpha value is -2.86. The molecule has 0 bridgehead atoms. The second kappa shape index (κ2) is 7.87. The van der Waals surface area contributed by atoms with Crippen molar-refractivity contribution in [1.29, 1.82) is 0 Å². The monoisotopic (exact) mass is 453 g/mol. The molecule has 0 aliphatic heterocycles. The molecule has 0 saturated heterocycles. The first-order valence-corrected chi connectivity index (χ1v) is 11.4. The fourth-order valence-corrected chi connectivity index (χ4v) is 5.30. The van der Waals surface area contributed by atoms with E-state index in [0.29, 0.717) is 31.1 Å². The van der Waals surface area contributed by atoms with Crippen molar-refractivity contribution in [3.63, 3.8) is 0 Å². The molecule has 1 aliphatic rings. The Morgan fingerprint density at radius 1 is 1.06 bits per heavy atom. The fraction of sp³-hybridized carbons (Fsp3) is 0.444. The molecule has 3 aromatic rings. The molecule has 176 valence electrons. The second-order valence-corrected chi connectivity index (χ2v) is 10.7. The van der Waals surface area contributed by atoms with Crippen LogP contribution >= 0.6 is 0 Å². The maximum Gasteiger partial charge on any atom is 0.309 e. The number of carbonyl (C=O) groups is 1. The van der Waals surface area contributed by atoms with Gasteiger partial charge in [-0.1, -0.05) is 26.8 Å². The van der Waals surface area contributed by atoms with E-state index in [1.165, 1.54) is 12.1 Å². The van der Waals surface area contributed by atoms with Crippen molar-refractivity contribution >= 4 is 16.9 Å². The van der Waals surface area contributed by atoms with Gasteiger partial charge in [0.15, 0.2) is 0 Å². The van der Waals surface area contributed by atoms with Gasteiger partial charge in [0.05, 0.1) is 17.5 Å². The van der Waals surface area contributed by atoms with Gasteiger partial charge in [0, 0.05) is 22.2 Å². The number of hydrogen-bond donors (Lipinski definition) is 3. The molecule has 6 heteroatoms. The van der Waals surface area contributed by atoms with Gasteiger partial charge in [-0.15, -0.1) is 0 Å². The van der Waals surface area contributed by atoms with Crippen LogP contribution in [0.25, 0.3) is 16.6 Å². The summed E-state index contributed by atoms with van der Waals surface area (Å²) in [5, 5.41) is 31.9. The number of aliphatic hydroxyl groups is 1. The van der Waals surface area contributed by atoms with Crippen molar-refractivity contribution < 1.29 is 24.5 Å². The number of phenols is 1. The zero-order valence-electron chi connectivity index (χ0n) is 19.7. The summed E-state index contributed by atoms with van der Waals surface area (Å²) in [6, 6.07) is 11.6. The number of carboxylic acid groups (broad SMARTS) is 1. The summed E-state index contributed by atoms with van der Waals surface area (Å²) >= 11 is 0. The maximum absolute atomic E-state index is 13.7. The number of aliphatic carboxylic acids is 1. The van der Waals surface area contributed by atoms with Gasteiger partial charge in [0.2, 0.25) is 0 Å². The molecule has 0 unspecified atom stereocenters. The molecule has 0 radical (unpaired) electrons. The van der Waals surface area contributed by atoms with Crippen molar-refractivity contribution in [3.05, 3.63) is 59.5 Å². The van der Waals surface area contributed by atoms with E-state index in [4.69, 9.17) is 0 Å². The van der Waals surface area contributed by atoms with Crippen LogP contribution in [0.5, 0.6) is 5.75 Å². The minimum atomic E-state index is -0.781. The summed E-state index contributed by atoms with van der Waals surface area (Å²) in [5.41, 5.74) is 1.46. The van der Waals surface area contributed by atoms with E-state index in [2.05, 4.69) is 6.92 Å². The second-order valence-electron chi connectivity index (χ2n) is 10.7. The van der Waals surface area contributed by atoms with Gasteiger partial charge >= 0.3 is 5.97 Å². The number of aromatic hydroxyl groups is 1. The molecule has 0 atom stereocenters. The van der Waals surface area contributed by atoms with Gasteiger partial charge in [0.25, 0.3) is 0 Å². The Bertz CT molecular complexity index is 1200. The largest absolute Gasteiger partial charge is 0.507 e. The third kappa shape index (κ3) is 3.70. The average Bonchev–Trinajstić information content (AvgIpc) is 3.15. The molecule has 0 amide bonds. The van der Waals surface area contributed by atoms with Crippen LogP contribution in [-0.2, 0) is 15.6 Å². The van der Waals surface area contributed by atoms with Crippen LogP contribution in [0.2, 0.25) is 0 Å². The molecular formula is C27H32FNO4. The number of halogens is 1. The SMILES string of the molecule is CC1(C(=O)O)CCC(C)(c2c(C(C)(C)CO)n(-c3ccc(F)cc3)c3cccc(O)c23)CC1. The van der Waals surface area contributed by atoms with Crippen LogP contribution in [-0.4, -0.2) is 32.5 Å². The topological polar surface area (TPSA) is 82.7 Å². The van der Waals surface area contributed by atoms with Crippen LogP contribution < -0.4 is 0 Å². The van der Waals surface area contributed by atoms with Crippen LogP contribution in [0.4, 0.5) is 4.39 Å². The highest BCUT2D eigenvalue weighted by Crippen LogP contribution is 2.53. The smallest absolute Gasteiger partial charge is 0.309 e. The number of nitrogens with zero attached hydrogens (tertiary/aromatic N) is 1. The first-order valence-electron chi connectivity index (χ1n) is 11.4. The van der Waals surface area contributed by atoms with Gasteiger partial charge in [-0.05, 0) is 80.0 Å². The van der Waals surface area contributed by atoms with E-state index in [1.54, 1.807) is 31.2 Å². The van der Waals surface area contributed by atoms with Crippen LogP contribution in [0.3, 0.4) is 0 Å². The molecule has 1 aromatic heterocycles. The minimum Gasteiger partial charge on any atom is -0.507 e. The van der Waals surface area contributed by atoms with Crippen LogP contribution in [0.15, 0.2) is 42.5 Å². The van der Waals surface area contributed by atoms with Crippen molar-refractivity contribution in [1.82, 2.24) is 4.57 Å². The number of fused-ring (bicyclic) bond motifs is 1. The summed E-state index contributed by atoms with van der Waals surface area (Å²) in [4.78, 5) is 11.9. The van der Waals surface area contributed by atoms with Crippen molar-refractivity contribution in [2.45, 2.75) is 64.2 Å². The predicted octanol–water partition coefficient (Wildman–Crippen LogP) is 5.67. The number of carboxylic acids is 1. The summed E-state index contributed by atoms with van der Waals surface area (Å²) < 4.78 is 15.7. The Morgan fingerprint density at radius 2 is 1.67 bits per heavy atom. The summed E-state index contributed by atoms with van der Waals surface area (Å²) in [6.45, 7) is 7.71. The molecular weight excluding hydrogens is 421 g/mol. The van der Waals surface area contributed by atoms with Gasteiger partial charge in [-0.25, -0.2) is 4.39 Å². The third-order valence-electron chi connectivity index (χ3n) is 7.67. The predicted molar refractivity (Wildman–Crippen MR) is 127 cm³/mol. The Kier molecular flexibility index (Phi) is 5.56. The molecule has 1 heterocycles. The Labute approximate surface area is 193 Å². The Morgan fingerprint density at radius 3 is 2.21 bits per heavy atom. The number of aromatic nitrogens is 1. The summed E-state index contributed by atoms with van der Waals surface area (Å²) in [5.74, 6) is -0.975. The first kappa shape index (κ1) is 23.3. The molecule has 1 aliphatic carbocycles. The Balaban J connectivity index is 2.05. The minimum absolute atomic E-state index is 0.124. The molecule has 1 saturated carbocycles. The lowest BCUT2D eigenvalue weighted by molar-refractivity contribution is -0.150. The number of hydrogen-bond acceptors (Lipinski definition) is 3. The van der Waals surface area contributed by atoms with Gasteiger partial charge in [-0.2, -0.15) is 0 Å². The van der Waals surface area contributed by atoms with E-state index in [1.807, 2.05) is 24.5 Å². The van der Waals surface area contributed by atoms with Crippen molar-refractivity contribution in [2.24, 2.45) is 5.41 Å². The zero-order chi connectivity index (χ0) is 24.2. The molecule has 33 heavy (non-hydrogen) atoms. The van der Waals surface area contributed by atoms with E-state index in [-0.39, 0.29) is 18.2 Å². The highest BCUT2D eigenvalue weighted by atomic mass is 19.1.